The van der Waals surface area contributed by atoms with Crippen molar-refractivity contribution in [2.75, 3.05) is 6.61 Å². The summed E-state index contributed by atoms with van der Waals surface area (Å²) < 4.78 is 10.3. The van der Waals surface area contributed by atoms with Gasteiger partial charge in [0.15, 0.2) is 5.58 Å². The highest BCUT2D eigenvalue weighted by atomic mass is 16.6. The first-order chi connectivity index (χ1) is 6.67. The van der Waals surface area contributed by atoms with E-state index >= 15 is 0 Å². The van der Waals surface area contributed by atoms with Crippen molar-refractivity contribution in [2.24, 2.45) is 0 Å². The van der Waals surface area contributed by atoms with Crippen LogP contribution < -0.4 is 5.76 Å². The molecule has 0 spiro atoms. The van der Waals surface area contributed by atoms with Gasteiger partial charge in [0, 0.05) is 0 Å². The minimum Gasteiger partial charge on any atom is -0.408 e. The van der Waals surface area contributed by atoms with Crippen LogP contribution in [0.4, 0.5) is 0 Å². The Labute approximate surface area is 79.5 Å². The Bertz CT molecular complexity index is 548. The van der Waals surface area contributed by atoms with E-state index in [1.54, 1.807) is 0 Å². The first kappa shape index (κ1) is 7.82. The van der Waals surface area contributed by atoms with Crippen molar-refractivity contribution in [3.05, 3.63) is 34.3 Å². The number of fused-ring (bicyclic) bond motifs is 1. The van der Waals surface area contributed by atoms with Gasteiger partial charge in [-0.3, -0.25) is 4.98 Å². The molecule has 72 valence electrons. The molecule has 1 N–H and O–H groups in total. The van der Waals surface area contributed by atoms with Crippen molar-refractivity contribution in [1.82, 2.24) is 4.98 Å². The molecule has 1 aliphatic heterocycles. The predicted molar refractivity (Wildman–Crippen MR) is 50.1 cm³/mol. The number of epoxide rings is 1. The molecule has 4 heteroatoms. The summed E-state index contributed by atoms with van der Waals surface area (Å²) in [5.74, 6) is -0.418. The standard InChI is InChI=1S/C10H9NO3/c1-10(5-13-10)6-2-3-7-8(4-6)14-9(12)11-7/h2-4H,5H2,1H3,(H,11,12). The second-order valence-electron chi connectivity index (χ2n) is 3.74. The zero-order chi connectivity index (χ0) is 9.76. The Hall–Kier alpha value is -1.55. The Morgan fingerprint density at radius 3 is 3.00 bits per heavy atom. The lowest BCUT2D eigenvalue weighted by Crippen LogP contribution is -2.00. The molecule has 2 aromatic rings. The molecule has 14 heavy (non-hydrogen) atoms. The molecule has 4 nitrogen and oxygen atoms in total. The number of nitrogens with one attached hydrogen (secondary N) is 1. The average Bonchev–Trinajstić information content (AvgIpc) is 2.79. The zero-order valence-corrected chi connectivity index (χ0v) is 7.66. The van der Waals surface area contributed by atoms with Crippen LogP contribution in [-0.4, -0.2) is 11.6 Å². The second kappa shape index (κ2) is 2.27. The fourth-order valence-corrected chi connectivity index (χ4v) is 1.55. The van der Waals surface area contributed by atoms with Crippen LogP contribution in [0.5, 0.6) is 0 Å². The van der Waals surface area contributed by atoms with Gasteiger partial charge in [0.05, 0.1) is 12.1 Å². The highest BCUT2D eigenvalue weighted by molar-refractivity contribution is 5.73. The van der Waals surface area contributed by atoms with Gasteiger partial charge in [-0.15, -0.1) is 0 Å². The Balaban J connectivity index is 2.24. The van der Waals surface area contributed by atoms with Crippen LogP contribution in [0.2, 0.25) is 0 Å². The zero-order valence-electron chi connectivity index (χ0n) is 7.66. The fraction of sp³-hybridized carbons (Fsp3) is 0.300. The molecular weight excluding hydrogens is 182 g/mol. The molecule has 3 rings (SSSR count). The third-order valence-electron chi connectivity index (χ3n) is 2.61. The lowest BCUT2D eigenvalue weighted by Gasteiger charge is -2.03. The van der Waals surface area contributed by atoms with Crippen LogP contribution in [0.25, 0.3) is 11.1 Å². The van der Waals surface area contributed by atoms with Crippen molar-refractivity contribution < 1.29 is 9.15 Å². The summed E-state index contributed by atoms with van der Waals surface area (Å²) in [6.45, 7) is 2.74. The number of H-pyrrole nitrogens is 1. The normalized spacial score (nSPS) is 25.5. The summed E-state index contributed by atoms with van der Waals surface area (Å²) in [7, 11) is 0. The predicted octanol–water partition coefficient (Wildman–Crippen LogP) is 1.37. The topological polar surface area (TPSA) is 58.5 Å². The van der Waals surface area contributed by atoms with Crippen molar-refractivity contribution in [2.45, 2.75) is 12.5 Å². The number of hydrogen-bond acceptors (Lipinski definition) is 3. The van der Waals surface area contributed by atoms with Gasteiger partial charge in [0.1, 0.15) is 5.60 Å². The van der Waals surface area contributed by atoms with Crippen LogP contribution in [0.3, 0.4) is 0 Å². The maximum absolute atomic E-state index is 10.9. The summed E-state index contributed by atoms with van der Waals surface area (Å²) in [6, 6.07) is 5.63. The Kier molecular flexibility index (Phi) is 1.27. The minimum absolute atomic E-state index is 0.177. The lowest BCUT2D eigenvalue weighted by molar-refractivity contribution is 0.329. The van der Waals surface area contributed by atoms with Crippen LogP contribution >= 0.6 is 0 Å². The maximum atomic E-state index is 10.9. The highest BCUT2D eigenvalue weighted by Gasteiger charge is 2.41. The lowest BCUT2D eigenvalue weighted by atomic mass is 10.0. The molecule has 2 heterocycles. The molecule has 0 aliphatic carbocycles. The summed E-state index contributed by atoms with van der Waals surface area (Å²) >= 11 is 0. The SMILES string of the molecule is CC1(c2ccc3[nH]c(=O)oc3c2)CO1. The molecule has 1 unspecified atom stereocenters. The van der Waals surface area contributed by atoms with Gasteiger partial charge in [-0.25, -0.2) is 4.79 Å². The number of aromatic amines is 1. The largest absolute Gasteiger partial charge is 0.417 e. The molecule has 1 atom stereocenters. The summed E-state index contributed by atoms with van der Waals surface area (Å²) in [4.78, 5) is 13.5. The summed E-state index contributed by atoms with van der Waals surface area (Å²) in [5.41, 5.74) is 2.18. The van der Waals surface area contributed by atoms with E-state index in [0.29, 0.717) is 5.58 Å². The fourth-order valence-electron chi connectivity index (χ4n) is 1.55. The summed E-state index contributed by atoms with van der Waals surface area (Å²) in [5, 5.41) is 0. The number of aromatic nitrogens is 1. The van der Waals surface area contributed by atoms with Crippen LogP contribution in [0.15, 0.2) is 27.4 Å². The van der Waals surface area contributed by atoms with E-state index < -0.39 is 5.76 Å². The third-order valence-corrected chi connectivity index (χ3v) is 2.61. The smallest absolute Gasteiger partial charge is 0.408 e. The molecule has 0 bridgehead atoms. The first-order valence-corrected chi connectivity index (χ1v) is 4.45. The number of rotatable bonds is 1. The first-order valence-electron chi connectivity index (χ1n) is 4.45. The molecule has 1 saturated heterocycles. The summed E-state index contributed by atoms with van der Waals surface area (Å²) in [6.07, 6.45) is 0. The number of benzene rings is 1. The maximum Gasteiger partial charge on any atom is 0.417 e. The van der Waals surface area contributed by atoms with Gasteiger partial charge in [-0.2, -0.15) is 0 Å². The van der Waals surface area contributed by atoms with E-state index in [1.807, 2.05) is 25.1 Å². The van der Waals surface area contributed by atoms with E-state index in [4.69, 9.17) is 9.15 Å². The molecule has 0 saturated carbocycles. The minimum atomic E-state index is -0.418. The number of hydrogen-bond donors (Lipinski definition) is 1. The van der Waals surface area contributed by atoms with E-state index in [1.165, 1.54) is 0 Å². The molecule has 1 fully saturated rings. The van der Waals surface area contributed by atoms with Crippen LogP contribution in [0.1, 0.15) is 12.5 Å². The van der Waals surface area contributed by atoms with Crippen LogP contribution in [-0.2, 0) is 10.3 Å². The van der Waals surface area contributed by atoms with E-state index in [9.17, 15) is 4.79 Å². The molecule has 1 aromatic heterocycles. The van der Waals surface area contributed by atoms with E-state index in [-0.39, 0.29) is 5.60 Å². The average molecular weight is 191 g/mol. The van der Waals surface area contributed by atoms with Crippen molar-refractivity contribution in [1.29, 1.82) is 0 Å². The molecule has 1 aromatic carbocycles. The Morgan fingerprint density at radius 1 is 1.50 bits per heavy atom. The highest BCUT2D eigenvalue weighted by Crippen LogP contribution is 2.38. The second-order valence-corrected chi connectivity index (χ2v) is 3.74. The van der Waals surface area contributed by atoms with Crippen molar-refractivity contribution in [3.8, 4) is 0 Å². The van der Waals surface area contributed by atoms with Gasteiger partial charge in [0.25, 0.3) is 0 Å². The Morgan fingerprint density at radius 2 is 2.29 bits per heavy atom. The van der Waals surface area contributed by atoms with Gasteiger partial charge < -0.3 is 9.15 Å². The van der Waals surface area contributed by atoms with Crippen LogP contribution in [0, 0.1) is 0 Å². The van der Waals surface area contributed by atoms with Gasteiger partial charge in [-0.1, -0.05) is 6.07 Å². The van der Waals surface area contributed by atoms with Gasteiger partial charge >= 0.3 is 5.76 Å². The van der Waals surface area contributed by atoms with E-state index in [0.717, 1.165) is 17.7 Å². The number of oxazole rings is 1. The monoisotopic (exact) mass is 191 g/mol. The van der Waals surface area contributed by atoms with E-state index in [2.05, 4.69) is 4.98 Å². The molecular formula is C10H9NO3. The molecule has 1 aliphatic rings. The molecule has 0 amide bonds. The van der Waals surface area contributed by atoms with Gasteiger partial charge in [-0.05, 0) is 24.6 Å². The quantitative estimate of drug-likeness (QED) is 0.692. The number of ether oxygens (including phenoxy) is 1. The van der Waals surface area contributed by atoms with Crippen molar-refractivity contribution in [3.63, 3.8) is 0 Å². The third kappa shape index (κ3) is 1.01. The van der Waals surface area contributed by atoms with Gasteiger partial charge in [0.2, 0.25) is 0 Å². The molecule has 0 radical (unpaired) electrons. The van der Waals surface area contributed by atoms with Crippen molar-refractivity contribution >= 4 is 11.1 Å².